The second-order valence-electron chi connectivity index (χ2n) is 3.71. The van der Waals surface area contributed by atoms with E-state index < -0.39 is 17.8 Å². The van der Waals surface area contributed by atoms with Crippen LogP contribution in [0.15, 0.2) is 0 Å². The van der Waals surface area contributed by atoms with Crippen LogP contribution in [0.2, 0.25) is 0 Å². The van der Waals surface area contributed by atoms with Crippen molar-refractivity contribution in [1.29, 1.82) is 0 Å². The largest absolute Gasteiger partial charge is 0.477 e. The van der Waals surface area contributed by atoms with Crippen molar-refractivity contribution in [3.63, 3.8) is 0 Å². The number of amides is 1. The number of carbonyl (C=O) groups excluding carboxylic acids is 1. The number of likely N-dealkylation sites (tertiary alicyclic amines) is 1. The highest BCUT2D eigenvalue weighted by molar-refractivity contribution is 5.76. The standard InChI is InChI=1S/C9H13F2NO3/c1-6(13)12-4-2-7(3-5-12)9(10,11)8(14)15/h7H,2-5H2,1H3,(H,14,15). The monoisotopic (exact) mass is 221 g/mol. The number of carboxylic acid groups (broad SMARTS) is 1. The molecular formula is C9H13F2NO3. The first-order chi connectivity index (χ1) is 6.85. The zero-order chi connectivity index (χ0) is 11.6. The first kappa shape index (κ1) is 11.9. The third-order valence-electron chi connectivity index (χ3n) is 2.74. The molecule has 0 radical (unpaired) electrons. The van der Waals surface area contributed by atoms with Gasteiger partial charge in [-0.1, -0.05) is 0 Å². The summed E-state index contributed by atoms with van der Waals surface area (Å²) in [5.41, 5.74) is 0. The van der Waals surface area contributed by atoms with Crippen LogP contribution in [0.3, 0.4) is 0 Å². The summed E-state index contributed by atoms with van der Waals surface area (Å²) in [5, 5.41) is 8.34. The Morgan fingerprint density at radius 2 is 1.80 bits per heavy atom. The van der Waals surface area contributed by atoms with Crippen molar-refractivity contribution in [2.24, 2.45) is 5.92 Å². The lowest BCUT2D eigenvalue weighted by atomic mass is 9.90. The molecule has 1 aliphatic rings. The Kier molecular flexibility index (Phi) is 3.26. The van der Waals surface area contributed by atoms with E-state index in [4.69, 9.17) is 5.11 Å². The van der Waals surface area contributed by atoms with E-state index in [0.29, 0.717) is 0 Å². The molecule has 1 fully saturated rings. The number of halogens is 2. The molecule has 1 aliphatic heterocycles. The Labute approximate surface area is 85.9 Å². The zero-order valence-corrected chi connectivity index (χ0v) is 8.37. The van der Waals surface area contributed by atoms with Gasteiger partial charge in [0.05, 0.1) is 0 Å². The molecule has 0 spiro atoms. The quantitative estimate of drug-likeness (QED) is 0.755. The Morgan fingerprint density at radius 3 is 2.13 bits per heavy atom. The smallest absolute Gasteiger partial charge is 0.374 e. The highest BCUT2D eigenvalue weighted by Crippen LogP contribution is 2.33. The summed E-state index contributed by atoms with van der Waals surface area (Å²) in [6.45, 7) is 1.79. The lowest BCUT2D eigenvalue weighted by molar-refractivity contribution is -0.176. The van der Waals surface area contributed by atoms with Crippen molar-refractivity contribution in [3.05, 3.63) is 0 Å². The summed E-state index contributed by atoms with van der Waals surface area (Å²) in [5.74, 6) is -7.08. The van der Waals surface area contributed by atoms with E-state index in [-0.39, 0.29) is 31.8 Å². The van der Waals surface area contributed by atoms with Crippen LogP contribution >= 0.6 is 0 Å². The summed E-state index contributed by atoms with van der Waals surface area (Å²) in [6, 6.07) is 0. The summed E-state index contributed by atoms with van der Waals surface area (Å²) in [6.07, 6.45) is 0.0811. The molecule has 0 aromatic heterocycles. The number of carboxylic acids is 1. The van der Waals surface area contributed by atoms with Crippen molar-refractivity contribution in [2.45, 2.75) is 25.7 Å². The van der Waals surface area contributed by atoms with Crippen molar-refractivity contribution >= 4 is 11.9 Å². The molecule has 1 heterocycles. The Hall–Kier alpha value is -1.20. The number of carbonyl (C=O) groups is 2. The van der Waals surface area contributed by atoms with Crippen molar-refractivity contribution in [1.82, 2.24) is 4.90 Å². The number of alkyl halides is 2. The Balaban J connectivity index is 2.57. The van der Waals surface area contributed by atoms with Gasteiger partial charge in [0.15, 0.2) is 0 Å². The predicted octanol–water partition coefficient (Wildman–Crippen LogP) is 0.965. The molecular weight excluding hydrogens is 208 g/mol. The van der Waals surface area contributed by atoms with Gasteiger partial charge in [0.25, 0.3) is 0 Å². The van der Waals surface area contributed by atoms with Crippen molar-refractivity contribution in [3.8, 4) is 0 Å². The maximum absolute atomic E-state index is 13.1. The predicted molar refractivity (Wildman–Crippen MR) is 47.6 cm³/mol. The fourth-order valence-corrected chi connectivity index (χ4v) is 1.73. The SMILES string of the molecule is CC(=O)N1CCC(C(F)(F)C(=O)O)CC1. The Morgan fingerprint density at radius 1 is 1.33 bits per heavy atom. The van der Waals surface area contributed by atoms with Crippen LogP contribution in [0.5, 0.6) is 0 Å². The molecule has 86 valence electrons. The fourth-order valence-electron chi connectivity index (χ4n) is 1.73. The number of nitrogens with zero attached hydrogens (tertiary/aromatic N) is 1. The van der Waals surface area contributed by atoms with Crippen LogP contribution in [0.4, 0.5) is 8.78 Å². The van der Waals surface area contributed by atoms with Gasteiger partial charge in [0.1, 0.15) is 0 Å². The van der Waals surface area contributed by atoms with Crippen LogP contribution in [0, 0.1) is 5.92 Å². The number of aliphatic carboxylic acids is 1. The first-order valence-electron chi connectivity index (χ1n) is 4.72. The van der Waals surface area contributed by atoms with Crippen LogP contribution < -0.4 is 0 Å². The summed E-state index contributed by atoms with van der Waals surface area (Å²) >= 11 is 0. The highest BCUT2D eigenvalue weighted by Gasteiger charge is 2.48. The van der Waals surface area contributed by atoms with Gasteiger partial charge < -0.3 is 10.0 Å². The topological polar surface area (TPSA) is 57.6 Å². The second-order valence-corrected chi connectivity index (χ2v) is 3.71. The molecule has 1 rings (SSSR count). The summed E-state index contributed by atoms with van der Waals surface area (Å²) < 4.78 is 26.1. The van der Waals surface area contributed by atoms with Crippen LogP contribution in [0.25, 0.3) is 0 Å². The third kappa shape index (κ3) is 2.43. The van der Waals surface area contributed by atoms with Crippen LogP contribution in [-0.4, -0.2) is 40.9 Å². The van der Waals surface area contributed by atoms with Gasteiger partial charge in [-0.15, -0.1) is 0 Å². The molecule has 15 heavy (non-hydrogen) atoms. The van der Waals surface area contributed by atoms with Gasteiger partial charge >= 0.3 is 11.9 Å². The molecule has 0 unspecified atom stereocenters. The molecule has 0 bridgehead atoms. The van der Waals surface area contributed by atoms with E-state index in [9.17, 15) is 18.4 Å². The minimum atomic E-state index is -3.68. The number of hydrogen-bond donors (Lipinski definition) is 1. The third-order valence-corrected chi connectivity index (χ3v) is 2.74. The molecule has 0 atom stereocenters. The van der Waals surface area contributed by atoms with Crippen LogP contribution in [0.1, 0.15) is 19.8 Å². The summed E-state index contributed by atoms with van der Waals surface area (Å²) in [7, 11) is 0. The van der Waals surface area contributed by atoms with Crippen LogP contribution in [-0.2, 0) is 9.59 Å². The zero-order valence-electron chi connectivity index (χ0n) is 8.37. The van der Waals surface area contributed by atoms with E-state index in [0.717, 1.165) is 0 Å². The molecule has 6 heteroatoms. The summed E-state index contributed by atoms with van der Waals surface area (Å²) in [4.78, 5) is 22.7. The van der Waals surface area contributed by atoms with E-state index in [2.05, 4.69) is 0 Å². The maximum atomic E-state index is 13.1. The fraction of sp³-hybridized carbons (Fsp3) is 0.778. The lowest BCUT2D eigenvalue weighted by Crippen LogP contribution is -2.45. The molecule has 1 amide bonds. The average Bonchev–Trinajstić information content (AvgIpc) is 2.17. The molecule has 0 aromatic carbocycles. The van der Waals surface area contributed by atoms with Gasteiger partial charge in [-0.3, -0.25) is 4.79 Å². The van der Waals surface area contributed by atoms with Crippen molar-refractivity contribution < 1.29 is 23.5 Å². The molecule has 0 aliphatic carbocycles. The molecule has 1 N–H and O–H groups in total. The van der Waals surface area contributed by atoms with E-state index in [1.165, 1.54) is 11.8 Å². The lowest BCUT2D eigenvalue weighted by Gasteiger charge is -2.33. The van der Waals surface area contributed by atoms with E-state index >= 15 is 0 Å². The van der Waals surface area contributed by atoms with Gasteiger partial charge in [0.2, 0.25) is 5.91 Å². The van der Waals surface area contributed by atoms with Gasteiger partial charge in [-0.25, -0.2) is 4.79 Å². The van der Waals surface area contributed by atoms with Gasteiger partial charge in [-0.2, -0.15) is 8.78 Å². The average molecular weight is 221 g/mol. The first-order valence-corrected chi connectivity index (χ1v) is 4.72. The maximum Gasteiger partial charge on any atom is 0.374 e. The Bertz CT molecular complexity index is 273. The number of piperidine rings is 1. The van der Waals surface area contributed by atoms with Crippen molar-refractivity contribution in [2.75, 3.05) is 13.1 Å². The van der Waals surface area contributed by atoms with E-state index in [1.54, 1.807) is 0 Å². The van der Waals surface area contributed by atoms with Gasteiger partial charge in [0, 0.05) is 25.9 Å². The number of hydrogen-bond acceptors (Lipinski definition) is 2. The molecule has 1 saturated heterocycles. The van der Waals surface area contributed by atoms with Gasteiger partial charge in [-0.05, 0) is 12.8 Å². The molecule has 0 saturated carbocycles. The minimum absolute atomic E-state index is 0.0406. The highest BCUT2D eigenvalue weighted by atomic mass is 19.3. The normalized spacial score (nSPS) is 19.0. The number of rotatable bonds is 2. The minimum Gasteiger partial charge on any atom is -0.477 e. The second kappa shape index (κ2) is 4.12. The molecule has 4 nitrogen and oxygen atoms in total. The van der Waals surface area contributed by atoms with E-state index in [1.807, 2.05) is 0 Å². The molecule has 0 aromatic rings.